The van der Waals surface area contributed by atoms with Crippen LogP contribution in [0.3, 0.4) is 0 Å². The Hall–Kier alpha value is -2.41. The molecule has 0 spiro atoms. The first-order chi connectivity index (χ1) is 9.81. The maximum Gasteiger partial charge on any atom is 0.293 e. The Morgan fingerprint density at radius 1 is 1.45 bits per heavy atom. The zero-order valence-electron chi connectivity index (χ0n) is 11.1. The van der Waals surface area contributed by atoms with E-state index in [0.717, 1.165) is 6.54 Å². The van der Waals surface area contributed by atoms with Crippen molar-refractivity contribution >= 4 is 0 Å². The van der Waals surface area contributed by atoms with Gasteiger partial charge in [-0.15, -0.1) is 0 Å². The standard InChI is InChI=1S/C13H15N5O2/c1-10(8-18-5-4-14-9-18)15-7-12-16-13(20-17-12)11-3-2-6-19-11/h2-6,9-10,15H,7-8H2,1H3/t10-/m0/s1. The van der Waals surface area contributed by atoms with Gasteiger partial charge in [0.1, 0.15) is 0 Å². The molecule has 0 fully saturated rings. The minimum Gasteiger partial charge on any atom is -0.459 e. The summed E-state index contributed by atoms with van der Waals surface area (Å²) in [4.78, 5) is 8.28. The van der Waals surface area contributed by atoms with Crippen LogP contribution in [0.15, 0.2) is 46.1 Å². The molecular weight excluding hydrogens is 258 g/mol. The first-order valence-electron chi connectivity index (χ1n) is 6.37. The highest BCUT2D eigenvalue weighted by Crippen LogP contribution is 2.16. The molecule has 0 aliphatic rings. The third-order valence-corrected chi connectivity index (χ3v) is 2.85. The Labute approximate surface area is 115 Å². The lowest BCUT2D eigenvalue weighted by atomic mass is 10.3. The Kier molecular flexibility index (Phi) is 3.60. The SMILES string of the molecule is C[C@@H](Cn1ccnc1)NCc1noc(-c2ccco2)n1. The fourth-order valence-electron chi connectivity index (χ4n) is 1.87. The van der Waals surface area contributed by atoms with Crippen LogP contribution in [0.4, 0.5) is 0 Å². The highest BCUT2D eigenvalue weighted by Gasteiger charge is 2.11. The van der Waals surface area contributed by atoms with Crippen molar-refractivity contribution < 1.29 is 8.94 Å². The van der Waals surface area contributed by atoms with Crippen molar-refractivity contribution in [1.29, 1.82) is 0 Å². The van der Waals surface area contributed by atoms with E-state index in [1.165, 1.54) is 0 Å². The van der Waals surface area contributed by atoms with Gasteiger partial charge < -0.3 is 18.8 Å². The Bertz CT molecular complexity index is 630. The van der Waals surface area contributed by atoms with Crippen molar-refractivity contribution in [3.05, 3.63) is 42.9 Å². The molecule has 1 atom stereocenters. The minimum absolute atomic E-state index is 0.273. The van der Waals surface area contributed by atoms with Crippen LogP contribution < -0.4 is 5.32 Å². The topological polar surface area (TPSA) is 81.9 Å². The molecule has 3 aromatic heterocycles. The molecule has 0 aliphatic heterocycles. The van der Waals surface area contributed by atoms with Crippen LogP contribution in [-0.2, 0) is 13.1 Å². The molecule has 3 aromatic rings. The summed E-state index contributed by atoms with van der Waals surface area (Å²) < 4.78 is 12.4. The molecule has 0 radical (unpaired) electrons. The predicted octanol–water partition coefficient (Wildman–Crippen LogP) is 1.70. The highest BCUT2D eigenvalue weighted by atomic mass is 16.5. The van der Waals surface area contributed by atoms with E-state index in [4.69, 9.17) is 8.94 Å². The summed E-state index contributed by atoms with van der Waals surface area (Å²) in [6.45, 7) is 3.47. The molecule has 0 amide bonds. The molecular formula is C13H15N5O2. The fraction of sp³-hybridized carbons (Fsp3) is 0.308. The van der Waals surface area contributed by atoms with Crippen molar-refractivity contribution in [2.24, 2.45) is 0 Å². The van der Waals surface area contributed by atoms with Gasteiger partial charge in [0.2, 0.25) is 0 Å². The lowest BCUT2D eigenvalue weighted by molar-refractivity contribution is 0.401. The van der Waals surface area contributed by atoms with Gasteiger partial charge in [0, 0.05) is 25.0 Å². The van der Waals surface area contributed by atoms with Gasteiger partial charge in [0.15, 0.2) is 11.6 Å². The molecule has 104 valence electrons. The Morgan fingerprint density at radius 2 is 2.40 bits per heavy atom. The third kappa shape index (κ3) is 2.94. The van der Waals surface area contributed by atoms with Crippen LogP contribution in [-0.4, -0.2) is 25.7 Å². The molecule has 3 heterocycles. The lowest BCUT2D eigenvalue weighted by Gasteiger charge is -2.12. The summed E-state index contributed by atoms with van der Waals surface area (Å²) in [5, 5.41) is 7.24. The van der Waals surface area contributed by atoms with E-state index in [1.807, 2.05) is 10.8 Å². The number of imidazole rings is 1. The second kappa shape index (κ2) is 5.70. The number of nitrogens with one attached hydrogen (secondary N) is 1. The molecule has 0 unspecified atom stereocenters. The van der Waals surface area contributed by atoms with Gasteiger partial charge in [0.25, 0.3) is 5.89 Å². The summed E-state index contributed by atoms with van der Waals surface area (Å²) in [7, 11) is 0. The average Bonchev–Trinajstić information content (AvgIpc) is 3.18. The largest absolute Gasteiger partial charge is 0.459 e. The van der Waals surface area contributed by atoms with Crippen LogP contribution in [0.25, 0.3) is 11.7 Å². The van der Waals surface area contributed by atoms with E-state index >= 15 is 0 Å². The molecule has 0 aromatic carbocycles. The molecule has 0 saturated heterocycles. The van der Waals surface area contributed by atoms with Gasteiger partial charge in [-0.3, -0.25) is 0 Å². The number of furan rings is 1. The predicted molar refractivity (Wildman–Crippen MR) is 70.5 cm³/mol. The first kappa shape index (κ1) is 12.6. The number of nitrogens with zero attached hydrogens (tertiary/aromatic N) is 4. The highest BCUT2D eigenvalue weighted by molar-refractivity contribution is 5.42. The molecule has 0 aliphatic carbocycles. The van der Waals surface area contributed by atoms with Gasteiger partial charge in [0.05, 0.1) is 19.1 Å². The van der Waals surface area contributed by atoms with E-state index in [0.29, 0.717) is 24.0 Å². The maximum atomic E-state index is 5.20. The van der Waals surface area contributed by atoms with Crippen LogP contribution >= 0.6 is 0 Å². The first-order valence-corrected chi connectivity index (χ1v) is 6.37. The minimum atomic E-state index is 0.273. The van der Waals surface area contributed by atoms with Gasteiger partial charge in [-0.25, -0.2) is 4.98 Å². The molecule has 3 rings (SSSR count). The smallest absolute Gasteiger partial charge is 0.293 e. The summed E-state index contributed by atoms with van der Waals surface area (Å²) >= 11 is 0. The van der Waals surface area contributed by atoms with Crippen LogP contribution in [0, 0.1) is 0 Å². The second-order valence-electron chi connectivity index (χ2n) is 4.53. The summed E-state index contributed by atoms with van der Waals surface area (Å²) in [5.74, 6) is 1.58. The average molecular weight is 273 g/mol. The van der Waals surface area contributed by atoms with Gasteiger partial charge in [-0.1, -0.05) is 5.16 Å². The molecule has 0 bridgehead atoms. The molecule has 7 nitrogen and oxygen atoms in total. The number of hydrogen-bond donors (Lipinski definition) is 1. The van der Waals surface area contributed by atoms with Crippen LogP contribution in [0.5, 0.6) is 0 Å². The third-order valence-electron chi connectivity index (χ3n) is 2.85. The van der Waals surface area contributed by atoms with Gasteiger partial charge in [-0.05, 0) is 19.1 Å². The van der Waals surface area contributed by atoms with Gasteiger partial charge >= 0.3 is 0 Å². The van der Waals surface area contributed by atoms with E-state index in [9.17, 15) is 0 Å². The lowest BCUT2D eigenvalue weighted by Crippen LogP contribution is -2.29. The van der Waals surface area contributed by atoms with Crippen LogP contribution in [0.2, 0.25) is 0 Å². The quantitative estimate of drug-likeness (QED) is 0.736. The van der Waals surface area contributed by atoms with E-state index in [-0.39, 0.29) is 6.04 Å². The molecule has 7 heteroatoms. The summed E-state index contributed by atoms with van der Waals surface area (Å²) in [6.07, 6.45) is 7.06. The molecule has 1 N–H and O–H groups in total. The van der Waals surface area contributed by atoms with Gasteiger partial charge in [-0.2, -0.15) is 4.98 Å². The zero-order chi connectivity index (χ0) is 13.8. The summed E-state index contributed by atoms with van der Waals surface area (Å²) in [5.41, 5.74) is 0. The molecule has 20 heavy (non-hydrogen) atoms. The van der Waals surface area contributed by atoms with Crippen molar-refractivity contribution in [1.82, 2.24) is 25.0 Å². The second-order valence-corrected chi connectivity index (χ2v) is 4.53. The fourth-order valence-corrected chi connectivity index (χ4v) is 1.87. The van der Waals surface area contributed by atoms with E-state index in [2.05, 4.69) is 27.4 Å². The summed E-state index contributed by atoms with van der Waals surface area (Å²) in [6, 6.07) is 3.84. The molecule has 0 saturated carbocycles. The Morgan fingerprint density at radius 3 is 3.15 bits per heavy atom. The number of rotatable bonds is 6. The number of hydrogen-bond acceptors (Lipinski definition) is 6. The van der Waals surface area contributed by atoms with Crippen molar-refractivity contribution in [2.45, 2.75) is 26.1 Å². The van der Waals surface area contributed by atoms with Crippen LogP contribution in [0.1, 0.15) is 12.7 Å². The van der Waals surface area contributed by atoms with Crippen molar-refractivity contribution in [2.75, 3.05) is 0 Å². The van der Waals surface area contributed by atoms with Crippen molar-refractivity contribution in [3.8, 4) is 11.7 Å². The zero-order valence-corrected chi connectivity index (χ0v) is 11.1. The van der Waals surface area contributed by atoms with E-state index < -0.39 is 0 Å². The Balaban J connectivity index is 1.53. The normalized spacial score (nSPS) is 12.7. The monoisotopic (exact) mass is 273 g/mol. The number of aromatic nitrogens is 4. The van der Waals surface area contributed by atoms with Crippen molar-refractivity contribution in [3.63, 3.8) is 0 Å². The van der Waals surface area contributed by atoms with E-state index in [1.54, 1.807) is 30.9 Å². The maximum absolute atomic E-state index is 5.20.